The van der Waals surface area contributed by atoms with E-state index in [-0.39, 0.29) is 5.84 Å². The van der Waals surface area contributed by atoms with Crippen LogP contribution in [-0.4, -0.2) is 23.3 Å². The molecule has 1 atom stereocenters. The van der Waals surface area contributed by atoms with Crippen LogP contribution in [0.5, 0.6) is 0 Å². The molecule has 27 heavy (non-hydrogen) atoms. The van der Waals surface area contributed by atoms with Crippen LogP contribution in [0.25, 0.3) is 11.3 Å². The number of nitrogen functional groups attached to an aromatic ring is 1. The quantitative estimate of drug-likeness (QED) is 0.290. The summed E-state index contributed by atoms with van der Waals surface area (Å²) < 4.78 is 2.11. The van der Waals surface area contributed by atoms with Gasteiger partial charge >= 0.3 is 0 Å². The molecule has 3 aromatic rings. The number of hydrogen-bond donors (Lipinski definition) is 2. The summed E-state index contributed by atoms with van der Waals surface area (Å²) in [4.78, 5) is 10.5. The highest BCUT2D eigenvalue weighted by Crippen LogP contribution is 2.44. The van der Waals surface area contributed by atoms with Crippen molar-refractivity contribution in [2.24, 2.45) is 10.7 Å². The van der Waals surface area contributed by atoms with Crippen LogP contribution in [0, 0.1) is 5.41 Å². The van der Waals surface area contributed by atoms with E-state index in [1.54, 1.807) is 23.1 Å². The normalized spacial score (nSPS) is 18.3. The molecule has 0 saturated carbocycles. The summed E-state index contributed by atoms with van der Waals surface area (Å²) in [5, 5.41) is 10.7. The molecule has 0 amide bonds. The van der Waals surface area contributed by atoms with Gasteiger partial charge in [0.2, 0.25) is 0 Å². The van der Waals surface area contributed by atoms with Gasteiger partial charge in [-0.2, -0.15) is 0 Å². The van der Waals surface area contributed by atoms with Crippen LogP contribution >= 0.6 is 50.4 Å². The summed E-state index contributed by atoms with van der Waals surface area (Å²) in [5.74, 6) is 0.0880. The lowest BCUT2D eigenvalue weighted by molar-refractivity contribution is 0.689. The first-order chi connectivity index (χ1) is 13.0. The molecule has 0 aliphatic carbocycles. The molecule has 0 radical (unpaired) electrons. The molecular formula is C19H15BrN4S3. The Morgan fingerprint density at radius 3 is 2.81 bits per heavy atom. The van der Waals surface area contributed by atoms with Gasteiger partial charge in [-0.25, -0.2) is 4.98 Å². The molecule has 1 unspecified atom stereocenters. The number of aliphatic imine (C=N–C) groups is 1. The minimum absolute atomic E-state index is 0.0880. The third kappa shape index (κ3) is 3.20. The van der Waals surface area contributed by atoms with Crippen molar-refractivity contribution in [2.45, 2.75) is 9.75 Å². The number of thiophene rings is 1. The predicted octanol–water partition coefficient (Wildman–Crippen LogP) is 5.52. The van der Waals surface area contributed by atoms with Gasteiger partial charge in [-0.05, 0) is 30.5 Å². The van der Waals surface area contributed by atoms with Crippen molar-refractivity contribution >= 4 is 62.4 Å². The standard InChI is InChI=1S/C19H15BrN4S3/c1-25-17-11(9-15(27-17)16(21)22)14-10-26-18(24-14)19(7-4-8-23-19)12-5-2-3-6-13(12)20/h2-10H,1H3,(H3,21,22). The lowest BCUT2D eigenvalue weighted by Gasteiger charge is -2.23. The van der Waals surface area contributed by atoms with E-state index in [1.165, 1.54) is 11.3 Å². The molecule has 0 fully saturated rings. The number of amidine groups is 1. The Morgan fingerprint density at radius 1 is 1.33 bits per heavy atom. The number of rotatable bonds is 5. The second-order valence-electron chi connectivity index (χ2n) is 5.85. The first-order valence-electron chi connectivity index (χ1n) is 8.02. The molecule has 3 N–H and O–H groups in total. The van der Waals surface area contributed by atoms with Crippen LogP contribution < -0.4 is 5.73 Å². The van der Waals surface area contributed by atoms with Crippen LogP contribution in [0.1, 0.15) is 15.4 Å². The molecule has 1 aromatic carbocycles. The predicted molar refractivity (Wildman–Crippen MR) is 121 cm³/mol. The lowest BCUT2D eigenvalue weighted by atomic mass is 9.92. The molecule has 8 heteroatoms. The highest BCUT2D eigenvalue weighted by Gasteiger charge is 2.37. The molecule has 4 rings (SSSR count). The number of thiazole rings is 1. The molecule has 0 bridgehead atoms. The Kier molecular flexibility index (Phi) is 5.07. The van der Waals surface area contributed by atoms with Gasteiger partial charge in [0, 0.05) is 27.2 Å². The highest BCUT2D eigenvalue weighted by atomic mass is 79.9. The fourth-order valence-electron chi connectivity index (χ4n) is 2.97. The largest absolute Gasteiger partial charge is 0.383 e. The third-order valence-corrected chi connectivity index (χ3v) is 8.20. The van der Waals surface area contributed by atoms with Crippen molar-refractivity contribution < 1.29 is 0 Å². The van der Waals surface area contributed by atoms with Crippen LogP contribution in [0.4, 0.5) is 0 Å². The molecule has 1 aliphatic heterocycles. The topological polar surface area (TPSA) is 75.1 Å². The molecule has 2 aromatic heterocycles. The fourth-order valence-corrected chi connectivity index (χ4v) is 6.26. The minimum atomic E-state index is -0.609. The van der Waals surface area contributed by atoms with Crippen LogP contribution in [0.3, 0.4) is 0 Å². The Labute approximate surface area is 177 Å². The number of allylic oxidation sites excluding steroid dienone is 1. The van der Waals surface area contributed by atoms with E-state index < -0.39 is 5.54 Å². The Bertz CT molecular complexity index is 1070. The van der Waals surface area contributed by atoms with E-state index in [4.69, 9.17) is 21.1 Å². The van der Waals surface area contributed by atoms with Crippen molar-refractivity contribution in [3.63, 3.8) is 0 Å². The van der Waals surface area contributed by atoms with Crippen molar-refractivity contribution in [2.75, 3.05) is 6.26 Å². The van der Waals surface area contributed by atoms with Crippen molar-refractivity contribution in [3.05, 3.63) is 67.8 Å². The van der Waals surface area contributed by atoms with Gasteiger partial charge in [0.1, 0.15) is 10.8 Å². The number of nitrogens with one attached hydrogen (secondary N) is 1. The summed E-state index contributed by atoms with van der Waals surface area (Å²) in [6.45, 7) is 0. The second-order valence-corrected chi connectivity index (χ2v) is 9.69. The average Bonchev–Trinajstić information content (AvgIpc) is 3.40. The number of nitrogens with two attached hydrogens (primary N) is 1. The molecule has 0 spiro atoms. The SMILES string of the molecule is CSc1sc(C(=N)N)cc1-c1csc(C2(c3ccccc3Br)C=CC=N2)n1. The maximum atomic E-state index is 7.72. The molecule has 3 heterocycles. The number of aromatic nitrogens is 1. The Morgan fingerprint density at radius 2 is 2.15 bits per heavy atom. The molecule has 1 aliphatic rings. The van der Waals surface area contributed by atoms with Gasteiger partial charge in [-0.3, -0.25) is 10.4 Å². The monoisotopic (exact) mass is 474 g/mol. The van der Waals surface area contributed by atoms with E-state index in [0.717, 1.165) is 35.4 Å². The first kappa shape index (κ1) is 18.6. The summed E-state index contributed by atoms with van der Waals surface area (Å²) in [6, 6.07) is 10.1. The fraction of sp³-hybridized carbons (Fsp3) is 0.105. The molecule has 0 saturated heterocycles. The van der Waals surface area contributed by atoms with E-state index in [9.17, 15) is 0 Å². The van der Waals surface area contributed by atoms with Crippen molar-refractivity contribution in [1.29, 1.82) is 5.41 Å². The number of hydrogen-bond acceptors (Lipinski definition) is 6. The number of benzene rings is 1. The smallest absolute Gasteiger partial charge is 0.156 e. The zero-order valence-electron chi connectivity index (χ0n) is 14.3. The van der Waals surface area contributed by atoms with Crippen molar-refractivity contribution in [3.8, 4) is 11.3 Å². The Hall–Kier alpha value is -1.74. The molecule has 136 valence electrons. The third-order valence-electron chi connectivity index (χ3n) is 4.24. The summed E-state index contributed by atoms with van der Waals surface area (Å²) in [7, 11) is 0. The average molecular weight is 475 g/mol. The molecule has 4 nitrogen and oxygen atoms in total. The van der Waals surface area contributed by atoms with E-state index >= 15 is 0 Å². The second kappa shape index (κ2) is 7.35. The molecular weight excluding hydrogens is 460 g/mol. The summed E-state index contributed by atoms with van der Waals surface area (Å²) in [5.41, 5.74) is 8.05. The number of halogens is 1. The lowest BCUT2D eigenvalue weighted by Crippen LogP contribution is -2.21. The van der Waals surface area contributed by atoms with Gasteiger partial charge in [0.15, 0.2) is 5.54 Å². The van der Waals surface area contributed by atoms with Gasteiger partial charge in [0.25, 0.3) is 0 Å². The Balaban J connectivity index is 1.83. The maximum Gasteiger partial charge on any atom is 0.156 e. The summed E-state index contributed by atoms with van der Waals surface area (Å²) in [6.07, 6.45) is 7.90. The van der Waals surface area contributed by atoms with Gasteiger partial charge < -0.3 is 5.73 Å². The van der Waals surface area contributed by atoms with E-state index in [1.807, 2.05) is 42.8 Å². The minimum Gasteiger partial charge on any atom is -0.383 e. The van der Waals surface area contributed by atoms with Gasteiger partial charge in [0.05, 0.1) is 14.8 Å². The van der Waals surface area contributed by atoms with Gasteiger partial charge in [-0.1, -0.05) is 34.1 Å². The van der Waals surface area contributed by atoms with Crippen LogP contribution in [-0.2, 0) is 5.54 Å². The zero-order chi connectivity index (χ0) is 19.0. The van der Waals surface area contributed by atoms with E-state index in [2.05, 4.69) is 33.5 Å². The van der Waals surface area contributed by atoms with Crippen LogP contribution in [0.15, 0.2) is 61.5 Å². The highest BCUT2D eigenvalue weighted by molar-refractivity contribution is 9.10. The summed E-state index contributed by atoms with van der Waals surface area (Å²) >= 11 is 8.43. The van der Waals surface area contributed by atoms with Crippen LogP contribution in [0.2, 0.25) is 0 Å². The zero-order valence-corrected chi connectivity index (χ0v) is 18.3. The van der Waals surface area contributed by atoms with E-state index in [0.29, 0.717) is 0 Å². The van der Waals surface area contributed by atoms with Gasteiger partial charge in [-0.15, -0.1) is 34.4 Å². The van der Waals surface area contributed by atoms with Crippen molar-refractivity contribution in [1.82, 2.24) is 4.98 Å². The first-order valence-corrected chi connectivity index (χ1v) is 11.7. The maximum absolute atomic E-state index is 7.72. The number of nitrogens with zero attached hydrogens (tertiary/aromatic N) is 2. The number of thioether (sulfide) groups is 1.